The molecule has 0 fully saturated rings. The largest absolute Gasteiger partial charge is 0.482 e. The van der Waals surface area contributed by atoms with Gasteiger partial charge in [-0.2, -0.15) is 0 Å². The molecule has 0 saturated heterocycles. The van der Waals surface area contributed by atoms with E-state index in [4.69, 9.17) is 9.84 Å². The molecule has 5 heteroatoms. The van der Waals surface area contributed by atoms with E-state index in [1.165, 1.54) is 0 Å². The number of aliphatic carboxylic acids is 1. The highest BCUT2D eigenvalue weighted by molar-refractivity contribution is 5.78. The van der Waals surface area contributed by atoms with E-state index in [0.717, 1.165) is 31.2 Å². The SMILES string of the molecule is CCCC(CCC)C(=O)NCc1cccc(OCC(=O)O)c1. The molecule has 0 aliphatic carbocycles. The third-order valence-corrected chi connectivity index (χ3v) is 3.37. The fourth-order valence-corrected chi connectivity index (χ4v) is 2.33. The van der Waals surface area contributed by atoms with Crippen LogP contribution in [0, 0.1) is 5.92 Å². The van der Waals surface area contributed by atoms with Crippen LogP contribution in [0.3, 0.4) is 0 Å². The van der Waals surface area contributed by atoms with Crippen molar-refractivity contribution in [2.75, 3.05) is 6.61 Å². The summed E-state index contributed by atoms with van der Waals surface area (Å²) in [6.45, 7) is 4.22. The molecule has 0 spiro atoms. The monoisotopic (exact) mass is 307 g/mol. The predicted molar refractivity (Wildman–Crippen MR) is 84.7 cm³/mol. The first-order valence-corrected chi connectivity index (χ1v) is 7.78. The van der Waals surface area contributed by atoms with Crippen LogP contribution in [0.25, 0.3) is 0 Å². The number of ether oxygens (including phenoxy) is 1. The van der Waals surface area contributed by atoms with Crippen LogP contribution >= 0.6 is 0 Å². The number of carbonyl (C=O) groups excluding carboxylic acids is 1. The summed E-state index contributed by atoms with van der Waals surface area (Å²) in [6.07, 6.45) is 3.80. The highest BCUT2D eigenvalue weighted by Gasteiger charge is 2.16. The normalized spacial score (nSPS) is 10.5. The Labute approximate surface area is 131 Å². The van der Waals surface area contributed by atoms with Crippen molar-refractivity contribution in [1.29, 1.82) is 0 Å². The van der Waals surface area contributed by atoms with E-state index in [1.54, 1.807) is 18.2 Å². The first kappa shape index (κ1) is 18.0. The Morgan fingerprint density at radius 3 is 2.50 bits per heavy atom. The zero-order valence-electron chi connectivity index (χ0n) is 13.3. The molecule has 0 saturated carbocycles. The van der Waals surface area contributed by atoms with Gasteiger partial charge in [0.15, 0.2) is 6.61 Å². The molecule has 5 nitrogen and oxygen atoms in total. The van der Waals surface area contributed by atoms with Gasteiger partial charge < -0.3 is 15.2 Å². The maximum atomic E-state index is 12.2. The minimum absolute atomic E-state index is 0.0708. The lowest BCUT2D eigenvalue weighted by molar-refractivity contribution is -0.139. The quantitative estimate of drug-likeness (QED) is 0.697. The minimum Gasteiger partial charge on any atom is -0.482 e. The van der Waals surface area contributed by atoms with Gasteiger partial charge in [0.25, 0.3) is 0 Å². The smallest absolute Gasteiger partial charge is 0.341 e. The third-order valence-electron chi connectivity index (χ3n) is 3.37. The fraction of sp³-hybridized carbons (Fsp3) is 0.529. The molecule has 1 rings (SSSR count). The first-order valence-electron chi connectivity index (χ1n) is 7.78. The fourth-order valence-electron chi connectivity index (χ4n) is 2.33. The average molecular weight is 307 g/mol. The summed E-state index contributed by atoms with van der Waals surface area (Å²) in [6, 6.07) is 7.11. The lowest BCUT2D eigenvalue weighted by Gasteiger charge is -2.15. The van der Waals surface area contributed by atoms with Crippen molar-refractivity contribution < 1.29 is 19.4 Å². The maximum Gasteiger partial charge on any atom is 0.341 e. The molecule has 1 amide bonds. The first-order chi connectivity index (χ1) is 10.6. The number of amides is 1. The lowest BCUT2D eigenvalue weighted by Crippen LogP contribution is -2.30. The van der Waals surface area contributed by atoms with Gasteiger partial charge in [-0.15, -0.1) is 0 Å². The molecule has 0 radical (unpaired) electrons. The molecule has 0 bridgehead atoms. The second kappa shape index (κ2) is 9.82. The molecular weight excluding hydrogens is 282 g/mol. The number of rotatable bonds is 10. The summed E-state index contributed by atoms with van der Waals surface area (Å²) >= 11 is 0. The number of hydrogen-bond acceptors (Lipinski definition) is 3. The molecular formula is C17H25NO4. The number of carboxylic acids is 1. The summed E-state index contributed by atoms with van der Waals surface area (Å²) < 4.78 is 5.13. The van der Waals surface area contributed by atoms with Crippen LogP contribution in [0.1, 0.15) is 45.1 Å². The van der Waals surface area contributed by atoms with Crippen LogP contribution in [0.5, 0.6) is 5.75 Å². The van der Waals surface area contributed by atoms with Crippen molar-refractivity contribution in [3.63, 3.8) is 0 Å². The maximum absolute atomic E-state index is 12.2. The Kier molecular flexibility index (Phi) is 8.04. The molecule has 0 aliphatic heterocycles. The Morgan fingerprint density at radius 1 is 1.23 bits per heavy atom. The van der Waals surface area contributed by atoms with E-state index < -0.39 is 5.97 Å². The van der Waals surface area contributed by atoms with Gasteiger partial charge in [-0.1, -0.05) is 38.8 Å². The van der Waals surface area contributed by atoms with Gasteiger partial charge in [0.1, 0.15) is 5.75 Å². The molecule has 0 unspecified atom stereocenters. The molecule has 1 aromatic carbocycles. The predicted octanol–water partition coefficient (Wildman–Crippen LogP) is 2.98. The van der Waals surface area contributed by atoms with E-state index >= 15 is 0 Å². The van der Waals surface area contributed by atoms with Gasteiger partial charge in [-0.25, -0.2) is 4.79 Å². The van der Waals surface area contributed by atoms with Crippen molar-refractivity contribution in [1.82, 2.24) is 5.32 Å². The summed E-state index contributed by atoms with van der Waals surface area (Å²) in [5, 5.41) is 11.6. The van der Waals surface area contributed by atoms with Crippen molar-refractivity contribution >= 4 is 11.9 Å². The lowest BCUT2D eigenvalue weighted by atomic mass is 9.97. The second-order valence-corrected chi connectivity index (χ2v) is 5.32. The topological polar surface area (TPSA) is 75.6 Å². The van der Waals surface area contributed by atoms with E-state index in [-0.39, 0.29) is 18.4 Å². The molecule has 2 N–H and O–H groups in total. The van der Waals surface area contributed by atoms with E-state index in [2.05, 4.69) is 19.2 Å². The van der Waals surface area contributed by atoms with Crippen molar-refractivity contribution in [3.8, 4) is 5.75 Å². The summed E-state index contributed by atoms with van der Waals surface area (Å²) in [4.78, 5) is 22.7. The number of hydrogen-bond donors (Lipinski definition) is 2. The van der Waals surface area contributed by atoms with Gasteiger partial charge in [0, 0.05) is 12.5 Å². The van der Waals surface area contributed by atoms with Crippen LogP contribution < -0.4 is 10.1 Å². The highest BCUT2D eigenvalue weighted by atomic mass is 16.5. The van der Waals surface area contributed by atoms with Crippen LogP contribution in [0.2, 0.25) is 0 Å². The van der Waals surface area contributed by atoms with Crippen LogP contribution in [0.4, 0.5) is 0 Å². The Morgan fingerprint density at radius 2 is 1.91 bits per heavy atom. The van der Waals surface area contributed by atoms with Crippen LogP contribution in [-0.4, -0.2) is 23.6 Å². The molecule has 0 aromatic heterocycles. The summed E-state index contributed by atoms with van der Waals surface area (Å²) in [5.74, 6) is -0.365. The summed E-state index contributed by atoms with van der Waals surface area (Å²) in [5.41, 5.74) is 0.892. The third kappa shape index (κ3) is 6.61. The summed E-state index contributed by atoms with van der Waals surface area (Å²) in [7, 11) is 0. The van der Waals surface area contributed by atoms with Crippen molar-refractivity contribution in [2.45, 2.75) is 46.1 Å². The Bertz CT molecular complexity index is 481. The number of carboxylic acid groups (broad SMARTS) is 1. The molecule has 22 heavy (non-hydrogen) atoms. The molecule has 1 aromatic rings. The van der Waals surface area contributed by atoms with E-state index in [9.17, 15) is 9.59 Å². The van der Waals surface area contributed by atoms with Crippen molar-refractivity contribution in [3.05, 3.63) is 29.8 Å². The molecule has 0 atom stereocenters. The second-order valence-electron chi connectivity index (χ2n) is 5.32. The number of nitrogens with one attached hydrogen (secondary N) is 1. The molecule has 0 aliphatic rings. The number of carbonyl (C=O) groups is 2. The minimum atomic E-state index is -1.01. The van der Waals surface area contributed by atoms with Gasteiger partial charge in [0.2, 0.25) is 5.91 Å². The Balaban J connectivity index is 2.54. The van der Waals surface area contributed by atoms with Crippen LogP contribution in [-0.2, 0) is 16.1 Å². The van der Waals surface area contributed by atoms with Crippen molar-refractivity contribution in [2.24, 2.45) is 5.92 Å². The molecule has 0 heterocycles. The zero-order valence-corrected chi connectivity index (χ0v) is 13.3. The van der Waals surface area contributed by atoms with Gasteiger partial charge in [0.05, 0.1) is 0 Å². The van der Waals surface area contributed by atoms with Gasteiger partial charge in [-0.05, 0) is 30.5 Å². The highest BCUT2D eigenvalue weighted by Crippen LogP contribution is 2.15. The Hall–Kier alpha value is -2.04. The van der Waals surface area contributed by atoms with E-state index in [0.29, 0.717) is 12.3 Å². The zero-order chi connectivity index (χ0) is 16.4. The van der Waals surface area contributed by atoms with Gasteiger partial charge in [-0.3, -0.25) is 4.79 Å². The number of benzene rings is 1. The average Bonchev–Trinajstić information content (AvgIpc) is 2.51. The van der Waals surface area contributed by atoms with E-state index in [1.807, 2.05) is 6.07 Å². The molecule has 122 valence electrons. The standard InChI is InChI=1S/C17H25NO4/c1-3-6-14(7-4-2)17(21)18-11-13-8-5-9-15(10-13)22-12-16(19)20/h5,8-10,14H,3-4,6-7,11-12H2,1-2H3,(H,18,21)(H,19,20). The van der Waals surface area contributed by atoms with Crippen LogP contribution in [0.15, 0.2) is 24.3 Å². The van der Waals surface area contributed by atoms with Gasteiger partial charge >= 0.3 is 5.97 Å².